The van der Waals surface area contributed by atoms with E-state index < -0.39 is 12.1 Å². The number of urea groups is 1. The zero-order valence-corrected chi connectivity index (χ0v) is 13.3. The maximum absolute atomic E-state index is 12.2. The predicted molar refractivity (Wildman–Crippen MR) is 86.3 cm³/mol. The number of ether oxygens (including phenoxy) is 1. The van der Waals surface area contributed by atoms with Crippen molar-refractivity contribution in [3.05, 3.63) is 30.3 Å². The molecule has 3 N–H and O–H groups in total. The largest absolute Gasteiger partial charge is 0.493 e. The highest BCUT2D eigenvalue weighted by Crippen LogP contribution is 2.45. The zero-order valence-electron chi connectivity index (χ0n) is 13.3. The van der Waals surface area contributed by atoms with Crippen LogP contribution in [-0.4, -0.2) is 37.0 Å². The van der Waals surface area contributed by atoms with Gasteiger partial charge in [-0.15, -0.1) is 0 Å². The molecule has 24 heavy (non-hydrogen) atoms. The van der Waals surface area contributed by atoms with Gasteiger partial charge in [0.1, 0.15) is 11.8 Å². The Balaban J connectivity index is 1.47. The lowest BCUT2D eigenvalue weighted by molar-refractivity contribution is -0.123. The Hall–Kier alpha value is -2.57. The van der Waals surface area contributed by atoms with Crippen molar-refractivity contribution in [3.63, 3.8) is 0 Å². The van der Waals surface area contributed by atoms with Crippen LogP contribution in [0.4, 0.5) is 4.79 Å². The molecule has 1 atom stereocenters. The molecule has 0 unspecified atom stereocenters. The minimum atomic E-state index is -0.678. The lowest BCUT2D eigenvalue weighted by atomic mass is 10.1. The minimum absolute atomic E-state index is 0.0334. The second-order valence-electron chi connectivity index (χ2n) is 6.43. The molecule has 1 saturated heterocycles. The van der Waals surface area contributed by atoms with Crippen LogP contribution in [0.1, 0.15) is 25.7 Å². The van der Waals surface area contributed by atoms with Crippen molar-refractivity contribution in [2.75, 3.05) is 13.2 Å². The predicted octanol–water partition coefficient (Wildman–Crippen LogP) is 0.950. The molecular formula is C17H21N3O4. The summed E-state index contributed by atoms with van der Waals surface area (Å²) in [6.45, 7) is 1.06. The van der Waals surface area contributed by atoms with E-state index in [4.69, 9.17) is 4.74 Å². The summed E-state index contributed by atoms with van der Waals surface area (Å²) < 4.78 is 5.79. The number of nitrogens with one attached hydrogen (secondary N) is 3. The number of imide groups is 1. The van der Waals surface area contributed by atoms with Crippen molar-refractivity contribution in [3.8, 4) is 5.75 Å². The second kappa shape index (κ2) is 6.90. The molecular weight excluding hydrogens is 310 g/mol. The van der Waals surface area contributed by atoms with Crippen molar-refractivity contribution >= 4 is 17.8 Å². The van der Waals surface area contributed by atoms with Gasteiger partial charge in [0, 0.05) is 18.4 Å². The number of rotatable bonds is 6. The van der Waals surface area contributed by atoms with Crippen LogP contribution >= 0.6 is 0 Å². The molecule has 128 valence electrons. The Morgan fingerprint density at radius 3 is 2.71 bits per heavy atom. The van der Waals surface area contributed by atoms with E-state index in [0.717, 1.165) is 18.6 Å². The second-order valence-corrected chi connectivity index (χ2v) is 6.43. The van der Waals surface area contributed by atoms with Crippen molar-refractivity contribution in [1.29, 1.82) is 0 Å². The van der Waals surface area contributed by atoms with Gasteiger partial charge < -0.3 is 15.4 Å². The molecule has 0 bridgehead atoms. The van der Waals surface area contributed by atoms with Gasteiger partial charge in [0.05, 0.1) is 6.61 Å². The van der Waals surface area contributed by atoms with Gasteiger partial charge in [-0.3, -0.25) is 14.9 Å². The lowest BCUT2D eigenvalue weighted by Crippen LogP contribution is -2.49. The molecule has 1 saturated carbocycles. The fourth-order valence-corrected chi connectivity index (χ4v) is 2.63. The highest BCUT2D eigenvalue weighted by Gasteiger charge is 2.44. The summed E-state index contributed by atoms with van der Waals surface area (Å²) in [6.07, 6.45) is 2.45. The van der Waals surface area contributed by atoms with Gasteiger partial charge in [-0.1, -0.05) is 18.2 Å². The third kappa shape index (κ3) is 4.24. The summed E-state index contributed by atoms with van der Waals surface area (Å²) in [5, 5.41) is 7.55. The van der Waals surface area contributed by atoms with Crippen LogP contribution in [0.15, 0.2) is 30.3 Å². The Labute approximate surface area is 140 Å². The standard InChI is InChI=1S/C17H21N3O4/c21-14-7-6-13(19-16(23)20-14)15(22)18-10-17(8-9-17)11-24-12-4-2-1-3-5-12/h1-5,13H,6-11H2,(H,18,22)(H2,19,20,21,23)/t13-/m0/s1. The topological polar surface area (TPSA) is 96.5 Å². The number of carbonyl (C=O) groups excluding carboxylic acids is 3. The maximum atomic E-state index is 12.2. The summed E-state index contributed by atoms with van der Waals surface area (Å²) in [4.78, 5) is 35.0. The van der Waals surface area contributed by atoms with Gasteiger partial charge in [-0.05, 0) is 31.4 Å². The number of hydrogen-bond donors (Lipinski definition) is 3. The molecule has 1 aliphatic carbocycles. The van der Waals surface area contributed by atoms with E-state index in [0.29, 0.717) is 19.6 Å². The zero-order chi connectivity index (χ0) is 17.0. The number of carbonyl (C=O) groups is 3. The van der Waals surface area contributed by atoms with E-state index in [2.05, 4.69) is 16.0 Å². The Morgan fingerprint density at radius 2 is 2.00 bits per heavy atom. The fourth-order valence-electron chi connectivity index (χ4n) is 2.63. The molecule has 2 fully saturated rings. The van der Waals surface area contributed by atoms with Gasteiger partial charge in [0.15, 0.2) is 0 Å². The molecule has 1 aliphatic heterocycles. The van der Waals surface area contributed by atoms with E-state index in [1.807, 2.05) is 30.3 Å². The van der Waals surface area contributed by atoms with E-state index in [1.165, 1.54) is 0 Å². The first-order chi connectivity index (χ1) is 11.6. The molecule has 7 nitrogen and oxygen atoms in total. The number of hydrogen-bond acceptors (Lipinski definition) is 4. The molecule has 7 heteroatoms. The summed E-state index contributed by atoms with van der Waals surface area (Å²) >= 11 is 0. The summed E-state index contributed by atoms with van der Waals surface area (Å²) in [5.74, 6) is 0.194. The van der Waals surface area contributed by atoms with Gasteiger partial charge in [-0.2, -0.15) is 0 Å². The average molecular weight is 331 g/mol. The van der Waals surface area contributed by atoms with Crippen LogP contribution in [0.5, 0.6) is 5.75 Å². The van der Waals surface area contributed by atoms with Crippen LogP contribution in [0, 0.1) is 5.41 Å². The molecule has 0 spiro atoms. The van der Waals surface area contributed by atoms with Crippen LogP contribution in [0.25, 0.3) is 0 Å². The third-order valence-electron chi connectivity index (χ3n) is 4.42. The lowest BCUT2D eigenvalue weighted by Gasteiger charge is -2.20. The van der Waals surface area contributed by atoms with E-state index >= 15 is 0 Å². The highest BCUT2D eigenvalue weighted by atomic mass is 16.5. The summed E-state index contributed by atoms with van der Waals surface area (Å²) in [5.41, 5.74) is -0.0334. The number of amides is 4. The molecule has 2 aliphatic rings. The first-order valence-electron chi connectivity index (χ1n) is 8.12. The molecule has 0 aromatic heterocycles. The molecule has 1 aromatic carbocycles. The number of para-hydroxylation sites is 1. The SMILES string of the molecule is O=C1CC[C@@H](C(=O)NCC2(COc3ccccc3)CC2)NC(=O)N1. The van der Waals surface area contributed by atoms with Crippen LogP contribution in [0.3, 0.4) is 0 Å². The van der Waals surface area contributed by atoms with E-state index in [-0.39, 0.29) is 23.7 Å². The van der Waals surface area contributed by atoms with Gasteiger partial charge in [-0.25, -0.2) is 4.79 Å². The number of benzene rings is 1. The van der Waals surface area contributed by atoms with Crippen LogP contribution < -0.4 is 20.7 Å². The monoisotopic (exact) mass is 331 g/mol. The van der Waals surface area contributed by atoms with Gasteiger partial charge in [0.25, 0.3) is 0 Å². The summed E-state index contributed by atoms with van der Waals surface area (Å²) in [6, 6.07) is 8.27. The van der Waals surface area contributed by atoms with Crippen molar-refractivity contribution in [1.82, 2.24) is 16.0 Å². The van der Waals surface area contributed by atoms with E-state index in [9.17, 15) is 14.4 Å². The molecule has 3 rings (SSSR count). The van der Waals surface area contributed by atoms with Crippen molar-refractivity contribution < 1.29 is 19.1 Å². The average Bonchev–Trinajstić information content (AvgIpc) is 3.37. The normalized spacial score (nSPS) is 21.9. The van der Waals surface area contributed by atoms with Crippen LogP contribution in [0.2, 0.25) is 0 Å². The van der Waals surface area contributed by atoms with Gasteiger partial charge >= 0.3 is 6.03 Å². The summed E-state index contributed by atoms with van der Waals surface area (Å²) in [7, 11) is 0. The minimum Gasteiger partial charge on any atom is -0.493 e. The Morgan fingerprint density at radius 1 is 1.25 bits per heavy atom. The highest BCUT2D eigenvalue weighted by molar-refractivity contribution is 5.98. The smallest absolute Gasteiger partial charge is 0.322 e. The van der Waals surface area contributed by atoms with E-state index in [1.54, 1.807) is 0 Å². The van der Waals surface area contributed by atoms with Crippen molar-refractivity contribution in [2.24, 2.45) is 5.41 Å². The fraction of sp³-hybridized carbons (Fsp3) is 0.471. The quantitative estimate of drug-likeness (QED) is 0.723. The first-order valence-corrected chi connectivity index (χ1v) is 8.12. The third-order valence-corrected chi connectivity index (χ3v) is 4.42. The van der Waals surface area contributed by atoms with Crippen LogP contribution in [-0.2, 0) is 9.59 Å². The molecule has 0 radical (unpaired) electrons. The van der Waals surface area contributed by atoms with Gasteiger partial charge in [0.2, 0.25) is 11.8 Å². The first kappa shape index (κ1) is 16.3. The Kier molecular flexibility index (Phi) is 4.69. The maximum Gasteiger partial charge on any atom is 0.322 e. The Bertz CT molecular complexity index is 628. The van der Waals surface area contributed by atoms with Crippen molar-refractivity contribution in [2.45, 2.75) is 31.7 Å². The molecule has 1 aromatic rings. The molecule has 1 heterocycles. The molecule has 4 amide bonds.